The SMILES string of the molecule is CC1CN(c2cccnc2C=O)CC(C)N1. The lowest BCUT2D eigenvalue weighted by molar-refractivity contribution is 0.111. The first-order chi connectivity index (χ1) is 7.70. The maximum atomic E-state index is 10.9. The normalized spacial score (nSPS) is 25.5. The maximum Gasteiger partial charge on any atom is 0.170 e. The Kier molecular flexibility index (Phi) is 3.19. The molecule has 2 rings (SSSR count). The van der Waals surface area contributed by atoms with Gasteiger partial charge in [-0.15, -0.1) is 0 Å². The van der Waals surface area contributed by atoms with Crippen LogP contribution in [0.2, 0.25) is 0 Å². The highest BCUT2D eigenvalue weighted by atomic mass is 16.1. The summed E-state index contributed by atoms with van der Waals surface area (Å²) in [6, 6.07) is 4.70. The minimum Gasteiger partial charge on any atom is -0.367 e. The maximum absolute atomic E-state index is 10.9. The van der Waals surface area contributed by atoms with Crippen LogP contribution in [0.4, 0.5) is 5.69 Å². The van der Waals surface area contributed by atoms with E-state index in [9.17, 15) is 4.79 Å². The summed E-state index contributed by atoms with van der Waals surface area (Å²) < 4.78 is 0. The average molecular weight is 219 g/mol. The molecule has 2 atom stereocenters. The number of carbonyl (C=O) groups is 1. The topological polar surface area (TPSA) is 45.2 Å². The summed E-state index contributed by atoms with van der Waals surface area (Å²) in [5, 5.41) is 3.47. The first-order valence-corrected chi connectivity index (χ1v) is 5.62. The number of hydrogen-bond acceptors (Lipinski definition) is 4. The van der Waals surface area contributed by atoms with Crippen molar-refractivity contribution in [3.63, 3.8) is 0 Å². The molecule has 1 aromatic rings. The van der Waals surface area contributed by atoms with Crippen molar-refractivity contribution in [3.05, 3.63) is 24.0 Å². The third kappa shape index (κ3) is 2.22. The van der Waals surface area contributed by atoms with Gasteiger partial charge in [0.05, 0.1) is 5.69 Å². The number of pyridine rings is 1. The van der Waals surface area contributed by atoms with Gasteiger partial charge in [0, 0.05) is 31.4 Å². The Balaban J connectivity index is 2.25. The quantitative estimate of drug-likeness (QED) is 0.756. The molecule has 1 aromatic heterocycles. The van der Waals surface area contributed by atoms with Crippen LogP contribution in [0.1, 0.15) is 24.3 Å². The smallest absolute Gasteiger partial charge is 0.170 e. The predicted molar refractivity (Wildman–Crippen MR) is 63.9 cm³/mol. The summed E-state index contributed by atoms with van der Waals surface area (Å²) in [5.41, 5.74) is 1.47. The van der Waals surface area contributed by atoms with Crippen LogP contribution < -0.4 is 10.2 Å². The Bertz CT molecular complexity index is 370. The Morgan fingerprint density at radius 1 is 1.44 bits per heavy atom. The highest BCUT2D eigenvalue weighted by molar-refractivity contribution is 5.81. The van der Waals surface area contributed by atoms with Crippen LogP contribution in [0, 0.1) is 0 Å². The summed E-state index contributed by atoms with van der Waals surface area (Å²) in [6.07, 6.45) is 2.48. The van der Waals surface area contributed by atoms with E-state index in [1.807, 2.05) is 12.1 Å². The number of rotatable bonds is 2. The third-order valence-corrected chi connectivity index (χ3v) is 2.83. The number of carbonyl (C=O) groups excluding carboxylic acids is 1. The lowest BCUT2D eigenvalue weighted by Gasteiger charge is -2.37. The molecule has 2 unspecified atom stereocenters. The van der Waals surface area contributed by atoms with Gasteiger partial charge in [-0.3, -0.25) is 9.78 Å². The number of anilines is 1. The minimum atomic E-state index is 0.434. The fourth-order valence-corrected chi connectivity index (χ4v) is 2.29. The van der Waals surface area contributed by atoms with Gasteiger partial charge >= 0.3 is 0 Å². The van der Waals surface area contributed by atoms with Crippen LogP contribution in [0.5, 0.6) is 0 Å². The number of hydrogen-bond donors (Lipinski definition) is 1. The zero-order valence-electron chi connectivity index (χ0n) is 9.68. The molecule has 86 valence electrons. The number of nitrogens with zero attached hydrogens (tertiary/aromatic N) is 2. The van der Waals surface area contributed by atoms with Crippen molar-refractivity contribution < 1.29 is 4.79 Å². The Labute approximate surface area is 95.7 Å². The van der Waals surface area contributed by atoms with Gasteiger partial charge in [0.15, 0.2) is 6.29 Å². The van der Waals surface area contributed by atoms with Gasteiger partial charge in [0.25, 0.3) is 0 Å². The summed E-state index contributed by atoms with van der Waals surface area (Å²) in [7, 11) is 0. The van der Waals surface area contributed by atoms with Gasteiger partial charge in [0.1, 0.15) is 5.69 Å². The predicted octanol–water partition coefficient (Wildman–Crippen LogP) is 1.08. The second-order valence-corrected chi connectivity index (χ2v) is 4.40. The molecule has 1 aliphatic heterocycles. The first kappa shape index (κ1) is 11.1. The van der Waals surface area contributed by atoms with Crippen molar-refractivity contribution in [2.45, 2.75) is 25.9 Å². The monoisotopic (exact) mass is 219 g/mol. The molecule has 0 radical (unpaired) electrons. The molecular formula is C12H17N3O. The van der Waals surface area contributed by atoms with Crippen molar-refractivity contribution in [3.8, 4) is 0 Å². The fourth-order valence-electron chi connectivity index (χ4n) is 2.29. The molecule has 0 aromatic carbocycles. The van der Waals surface area contributed by atoms with Gasteiger partial charge in [-0.2, -0.15) is 0 Å². The van der Waals surface area contributed by atoms with E-state index in [-0.39, 0.29) is 0 Å². The van der Waals surface area contributed by atoms with E-state index in [0.717, 1.165) is 25.1 Å². The Hall–Kier alpha value is -1.42. The number of aromatic nitrogens is 1. The summed E-state index contributed by atoms with van der Waals surface area (Å²) in [5.74, 6) is 0. The molecular weight excluding hydrogens is 202 g/mol. The largest absolute Gasteiger partial charge is 0.367 e. The molecule has 1 saturated heterocycles. The highest BCUT2D eigenvalue weighted by Crippen LogP contribution is 2.19. The first-order valence-electron chi connectivity index (χ1n) is 5.62. The number of piperazine rings is 1. The van der Waals surface area contributed by atoms with Crippen molar-refractivity contribution >= 4 is 12.0 Å². The van der Waals surface area contributed by atoms with Crippen LogP contribution in [0.25, 0.3) is 0 Å². The van der Waals surface area contributed by atoms with Gasteiger partial charge in [-0.1, -0.05) is 0 Å². The fraction of sp³-hybridized carbons (Fsp3) is 0.500. The van der Waals surface area contributed by atoms with E-state index < -0.39 is 0 Å². The van der Waals surface area contributed by atoms with Crippen LogP contribution in [-0.4, -0.2) is 36.4 Å². The standard InChI is InChI=1S/C12H17N3O/c1-9-6-15(7-10(2)14-9)12-4-3-5-13-11(12)8-16/h3-5,8-10,14H,6-7H2,1-2H3. The zero-order valence-corrected chi connectivity index (χ0v) is 9.68. The Morgan fingerprint density at radius 2 is 2.12 bits per heavy atom. The van der Waals surface area contributed by atoms with Crippen LogP contribution in [0.3, 0.4) is 0 Å². The van der Waals surface area contributed by atoms with Crippen LogP contribution >= 0.6 is 0 Å². The lowest BCUT2D eigenvalue weighted by Crippen LogP contribution is -2.54. The van der Waals surface area contributed by atoms with Gasteiger partial charge in [-0.25, -0.2) is 0 Å². The van der Waals surface area contributed by atoms with E-state index in [1.54, 1.807) is 6.20 Å². The molecule has 4 heteroatoms. The molecule has 0 amide bonds. The molecule has 0 spiro atoms. The molecule has 1 aliphatic rings. The summed E-state index contributed by atoms with van der Waals surface area (Å²) >= 11 is 0. The molecule has 4 nitrogen and oxygen atoms in total. The molecule has 1 N–H and O–H groups in total. The van der Waals surface area contributed by atoms with E-state index in [4.69, 9.17) is 0 Å². The van der Waals surface area contributed by atoms with E-state index in [0.29, 0.717) is 17.8 Å². The number of aldehydes is 1. The highest BCUT2D eigenvalue weighted by Gasteiger charge is 2.22. The molecule has 0 bridgehead atoms. The summed E-state index contributed by atoms with van der Waals surface area (Å²) in [4.78, 5) is 17.2. The van der Waals surface area contributed by atoms with Crippen molar-refractivity contribution in [2.24, 2.45) is 0 Å². The molecule has 2 heterocycles. The van der Waals surface area contributed by atoms with E-state index in [1.165, 1.54) is 0 Å². The average Bonchev–Trinajstić information content (AvgIpc) is 2.27. The third-order valence-electron chi connectivity index (χ3n) is 2.83. The van der Waals surface area contributed by atoms with Crippen molar-refractivity contribution in [2.75, 3.05) is 18.0 Å². The Morgan fingerprint density at radius 3 is 2.75 bits per heavy atom. The second-order valence-electron chi connectivity index (χ2n) is 4.40. The second kappa shape index (κ2) is 4.61. The number of nitrogens with one attached hydrogen (secondary N) is 1. The van der Waals surface area contributed by atoms with Crippen LogP contribution in [0.15, 0.2) is 18.3 Å². The van der Waals surface area contributed by atoms with Gasteiger partial charge < -0.3 is 10.2 Å². The van der Waals surface area contributed by atoms with Gasteiger partial charge in [-0.05, 0) is 26.0 Å². The van der Waals surface area contributed by atoms with E-state index in [2.05, 4.69) is 29.0 Å². The molecule has 1 fully saturated rings. The van der Waals surface area contributed by atoms with Crippen molar-refractivity contribution in [1.82, 2.24) is 10.3 Å². The van der Waals surface area contributed by atoms with Crippen molar-refractivity contribution in [1.29, 1.82) is 0 Å². The molecule has 0 aliphatic carbocycles. The summed E-state index contributed by atoms with van der Waals surface area (Å²) in [6.45, 7) is 6.13. The minimum absolute atomic E-state index is 0.434. The van der Waals surface area contributed by atoms with Gasteiger partial charge in [0.2, 0.25) is 0 Å². The molecule has 0 saturated carbocycles. The molecule has 16 heavy (non-hydrogen) atoms. The van der Waals surface area contributed by atoms with Crippen LogP contribution in [-0.2, 0) is 0 Å². The lowest BCUT2D eigenvalue weighted by atomic mass is 10.1. The zero-order chi connectivity index (χ0) is 11.5. The van der Waals surface area contributed by atoms with E-state index >= 15 is 0 Å².